The Labute approximate surface area is 91.2 Å². The molecule has 1 aromatic rings. The topological polar surface area (TPSA) is 35.2 Å². The van der Waals surface area contributed by atoms with Gasteiger partial charge in [-0.2, -0.15) is 0 Å². The maximum Gasteiger partial charge on any atom is 0.130 e. The molecule has 2 nitrogen and oxygen atoms in total. The number of thiocarbonyl (C=S) groups is 1. The van der Waals surface area contributed by atoms with Gasteiger partial charge in [-0.15, -0.1) is 0 Å². The van der Waals surface area contributed by atoms with E-state index in [0.717, 1.165) is 15.8 Å². The van der Waals surface area contributed by atoms with Crippen molar-refractivity contribution >= 4 is 33.1 Å². The highest BCUT2D eigenvalue weighted by Crippen LogP contribution is 2.23. The standard InChI is InChI=1S/C9H10BrNOS/c1-2-12-8-5-6(10)3-4-7(8)9(11)13/h3-5H,2H2,1H3,(H2,11,13). The summed E-state index contributed by atoms with van der Waals surface area (Å²) in [7, 11) is 0. The van der Waals surface area contributed by atoms with Crippen LogP contribution in [0.1, 0.15) is 12.5 Å². The zero-order valence-electron chi connectivity index (χ0n) is 7.21. The molecule has 0 unspecified atom stereocenters. The Hall–Kier alpha value is -0.610. The fourth-order valence-electron chi connectivity index (χ4n) is 0.975. The molecule has 13 heavy (non-hydrogen) atoms. The van der Waals surface area contributed by atoms with E-state index in [1.165, 1.54) is 0 Å². The van der Waals surface area contributed by atoms with Gasteiger partial charge in [-0.05, 0) is 25.1 Å². The fourth-order valence-corrected chi connectivity index (χ4v) is 1.48. The van der Waals surface area contributed by atoms with Gasteiger partial charge in [-0.3, -0.25) is 0 Å². The van der Waals surface area contributed by atoms with E-state index in [2.05, 4.69) is 15.9 Å². The van der Waals surface area contributed by atoms with Crippen molar-refractivity contribution in [2.45, 2.75) is 6.92 Å². The van der Waals surface area contributed by atoms with Crippen LogP contribution in [0.15, 0.2) is 22.7 Å². The molecule has 70 valence electrons. The third-order valence-corrected chi connectivity index (χ3v) is 2.22. The van der Waals surface area contributed by atoms with Crippen molar-refractivity contribution in [3.63, 3.8) is 0 Å². The minimum Gasteiger partial charge on any atom is -0.493 e. The van der Waals surface area contributed by atoms with Gasteiger partial charge in [0.2, 0.25) is 0 Å². The first-order valence-electron chi connectivity index (χ1n) is 3.87. The average molecular weight is 260 g/mol. The molecule has 0 amide bonds. The third-order valence-electron chi connectivity index (χ3n) is 1.51. The second kappa shape index (κ2) is 4.58. The predicted molar refractivity (Wildman–Crippen MR) is 61.2 cm³/mol. The molecule has 0 aliphatic carbocycles. The molecule has 4 heteroatoms. The van der Waals surface area contributed by atoms with E-state index in [1.54, 1.807) is 0 Å². The summed E-state index contributed by atoms with van der Waals surface area (Å²) in [6, 6.07) is 5.59. The smallest absolute Gasteiger partial charge is 0.130 e. The number of halogens is 1. The van der Waals surface area contributed by atoms with Crippen molar-refractivity contribution in [1.29, 1.82) is 0 Å². The van der Waals surface area contributed by atoms with Gasteiger partial charge < -0.3 is 10.5 Å². The van der Waals surface area contributed by atoms with Gasteiger partial charge in [0.25, 0.3) is 0 Å². The summed E-state index contributed by atoms with van der Waals surface area (Å²) < 4.78 is 6.34. The number of benzene rings is 1. The van der Waals surface area contributed by atoms with Crippen LogP contribution in [0.25, 0.3) is 0 Å². The third kappa shape index (κ3) is 2.67. The summed E-state index contributed by atoms with van der Waals surface area (Å²) in [5.41, 5.74) is 6.31. The molecule has 0 saturated carbocycles. The molecule has 1 rings (SSSR count). The molecule has 0 heterocycles. The van der Waals surface area contributed by atoms with Crippen LogP contribution >= 0.6 is 28.1 Å². The van der Waals surface area contributed by atoms with Crippen molar-refractivity contribution in [3.05, 3.63) is 28.2 Å². The molecule has 0 atom stereocenters. The zero-order chi connectivity index (χ0) is 9.84. The van der Waals surface area contributed by atoms with E-state index >= 15 is 0 Å². The lowest BCUT2D eigenvalue weighted by molar-refractivity contribution is 0.339. The van der Waals surface area contributed by atoms with E-state index in [4.69, 9.17) is 22.7 Å². The number of rotatable bonds is 3. The first kappa shape index (κ1) is 10.5. The van der Waals surface area contributed by atoms with Crippen molar-refractivity contribution in [2.24, 2.45) is 5.73 Å². The highest BCUT2D eigenvalue weighted by Gasteiger charge is 2.05. The first-order valence-corrected chi connectivity index (χ1v) is 5.07. The normalized spacial score (nSPS) is 9.69. The van der Waals surface area contributed by atoms with Crippen molar-refractivity contribution < 1.29 is 4.74 Å². The van der Waals surface area contributed by atoms with Crippen LogP contribution in [0.3, 0.4) is 0 Å². The summed E-state index contributed by atoms with van der Waals surface area (Å²) in [6.07, 6.45) is 0. The van der Waals surface area contributed by atoms with Gasteiger partial charge in [0, 0.05) is 4.47 Å². The second-order valence-electron chi connectivity index (χ2n) is 2.44. The largest absolute Gasteiger partial charge is 0.493 e. The van der Waals surface area contributed by atoms with Crippen molar-refractivity contribution in [1.82, 2.24) is 0 Å². The molecule has 0 aliphatic heterocycles. The zero-order valence-corrected chi connectivity index (χ0v) is 9.61. The maximum absolute atomic E-state index is 5.53. The molecule has 1 aromatic carbocycles. The minimum atomic E-state index is 0.357. The van der Waals surface area contributed by atoms with E-state index in [0.29, 0.717) is 11.6 Å². The lowest BCUT2D eigenvalue weighted by Crippen LogP contribution is -2.11. The summed E-state index contributed by atoms with van der Waals surface area (Å²) in [5, 5.41) is 0. The van der Waals surface area contributed by atoms with Gasteiger partial charge >= 0.3 is 0 Å². The molecule has 0 radical (unpaired) electrons. The Kier molecular flexibility index (Phi) is 3.69. The van der Waals surface area contributed by atoms with E-state index in [1.807, 2.05) is 25.1 Å². The SMILES string of the molecule is CCOc1cc(Br)ccc1C(N)=S. The van der Waals surface area contributed by atoms with Gasteiger partial charge in [0.05, 0.1) is 12.2 Å². The molecule has 0 aromatic heterocycles. The quantitative estimate of drug-likeness (QED) is 0.848. The minimum absolute atomic E-state index is 0.357. The van der Waals surface area contributed by atoms with E-state index in [-0.39, 0.29) is 0 Å². The lowest BCUT2D eigenvalue weighted by Gasteiger charge is -2.08. The van der Waals surface area contributed by atoms with E-state index in [9.17, 15) is 0 Å². The highest BCUT2D eigenvalue weighted by atomic mass is 79.9. The van der Waals surface area contributed by atoms with Crippen LogP contribution in [0.2, 0.25) is 0 Å². The average Bonchev–Trinajstić information content (AvgIpc) is 2.04. The first-order chi connectivity index (χ1) is 6.15. The number of ether oxygens (including phenoxy) is 1. The number of hydrogen-bond donors (Lipinski definition) is 1. The fraction of sp³-hybridized carbons (Fsp3) is 0.222. The van der Waals surface area contributed by atoms with Crippen LogP contribution in [0.5, 0.6) is 5.75 Å². The molecular formula is C9H10BrNOS. The van der Waals surface area contributed by atoms with Crippen LogP contribution < -0.4 is 10.5 Å². The van der Waals surface area contributed by atoms with Crippen LogP contribution in [-0.4, -0.2) is 11.6 Å². The maximum atomic E-state index is 5.53. The van der Waals surface area contributed by atoms with Crippen LogP contribution in [0, 0.1) is 0 Å². The van der Waals surface area contributed by atoms with Gasteiger partial charge in [0.15, 0.2) is 0 Å². The Morgan fingerprint density at radius 3 is 2.85 bits per heavy atom. The lowest BCUT2D eigenvalue weighted by atomic mass is 10.2. The monoisotopic (exact) mass is 259 g/mol. The predicted octanol–water partition coefficient (Wildman–Crippen LogP) is 2.48. The Bertz CT molecular complexity index is 327. The van der Waals surface area contributed by atoms with Crippen molar-refractivity contribution in [2.75, 3.05) is 6.61 Å². The van der Waals surface area contributed by atoms with Gasteiger partial charge in [-0.1, -0.05) is 28.1 Å². The number of nitrogens with two attached hydrogens (primary N) is 1. The number of hydrogen-bond acceptors (Lipinski definition) is 2. The molecule has 0 spiro atoms. The highest BCUT2D eigenvalue weighted by molar-refractivity contribution is 9.10. The Morgan fingerprint density at radius 2 is 2.31 bits per heavy atom. The summed E-state index contributed by atoms with van der Waals surface area (Å²) in [5.74, 6) is 0.726. The molecule has 0 bridgehead atoms. The second-order valence-corrected chi connectivity index (χ2v) is 3.79. The molecule has 0 fully saturated rings. The molecule has 0 aliphatic rings. The summed E-state index contributed by atoms with van der Waals surface area (Å²) in [6.45, 7) is 2.52. The molecular weight excluding hydrogens is 250 g/mol. The van der Waals surface area contributed by atoms with Gasteiger partial charge in [0.1, 0.15) is 10.7 Å². The van der Waals surface area contributed by atoms with Crippen molar-refractivity contribution in [3.8, 4) is 5.75 Å². The van der Waals surface area contributed by atoms with E-state index < -0.39 is 0 Å². The molecule has 0 saturated heterocycles. The van der Waals surface area contributed by atoms with Gasteiger partial charge in [-0.25, -0.2) is 0 Å². The summed E-state index contributed by atoms with van der Waals surface area (Å²) >= 11 is 8.24. The Morgan fingerprint density at radius 1 is 1.62 bits per heavy atom. The summed E-state index contributed by atoms with van der Waals surface area (Å²) in [4.78, 5) is 0.357. The van der Waals surface area contributed by atoms with Crippen LogP contribution in [0.4, 0.5) is 0 Å². The molecule has 2 N–H and O–H groups in total. The van der Waals surface area contributed by atoms with Crippen LogP contribution in [-0.2, 0) is 0 Å². The Balaban J connectivity index is 3.10.